The quantitative estimate of drug-likeness (QED) is 0.555. The molecule has 1 atom stereocenters. The Morgan fingerprint density at radius 2 is 1.87 bits per heavy atom. The third-order valence-electron chi connectivity index (χ3n) is 6.11. The van der Waals surface area contributed by atoms with Gasteiger partial charge in [-0.2, -0.15) is 0 Å². The van der Waals surface area contributed by atoms with Crippen molar-refractivity contribution in [3.05, 3.63) is 58.0 Å². The molecular formula is C24H31N3O4. The zero-order valence-electron chi connectivity index (χ0n) is 18.8. The standard InChI is InChI=1S/C24H31N3O4/c1-25-20-11-10-17(13-21(20)26(2)24(25)28)14-27(16-19-8-6-12-31-19)15-18-7-5-9-22(29-3)23(18)30-4/h5,7,9-11,13,19H,6,8,12,14-16H2,1-4H3. The van der Waals surface area contributed by atoms with Crippen LogP contribution in [0.2, 0.25) is 0 Å². The van der Waals surface area contributed by atoms with Crippen molar-refractivity contribution in [2.24, 2.45) is 14.1 Å². The highest BCUT2D eigenvalue weighted by molar-refractivity contribution is 5.76. The maximum absolute atomic E-state index is 12.3. The molecular weight excluding hydrogens is 394 g/mol. The number of aromatic nitrogens is 2. The topological polar surface area (TPSA) is 57.9 Å². The Labute approximate surface area is 182 Å². The number of methoxy groups -OCH3 is 2. The lowest BCUT2D eigenvalue weighted by Gasteiger charge is -2.26. The Kier molecular flexibility index (Phi) is 6.34. The molecule has 2 aromatic carbocycles. The van der Waals surface area contributed by atoms with Gasteiger partial charge in [-0.3, -0.25) is 14.0 Å². The minimum Gasteiger partial charge on any atom is -0.493 e. The summed E-state index contributed by atoms with van der Waals surface area (Å²) < 4.78 is 20.4. The van der Waals surface area contributed by atoms with E-state index in [0.29, 0.717) is 6.54 Å². The van der Waals surface area contributed by atoms with E-state index in [4.69, 9.17) is 14.2 Å². The molecule has 1 aromatic heterocycles. The number of rotatable bonds is 8. The summed E-state index contributed by atoms with van der Waals surface area (Å²) in [6, 6.07) is 12.2. The fourth-order valence-electron chi connectivity index (χ4n) is 4.49. The second-order valence-electron chi connectivity index (χ2n) is 8.18. The summed E-state index contributed by atoms with van der Waals surface area (Å²) >= 11 is 0. The number of ether oxygens (including phenoxy) is 3. The van der Waals surface area contributed by atoms with E-state index < -0.39 is 0 Å². The first-order valence-electron chi connectivity index (χ1n) is 10.7. The third kappa shape index (κ3) is 4.34. The largest absolute Gasteiger partial charge is 0.493 e. The molecule has 0 aliphatic carbocycles. The summed E-state index contributed by atoms with van der Waals surface area (Å²) in [6.45, 7) is 3.14. The highest BCUT2D eigenvalue weighted by Gasteiger charge is 2.22. The Bertz CT molecular complexity index is 1110. The van der Waals surface area contributed by atoms with Gasteiger partial charge in [0, 0.05) is 45.9 Å². The van der Waals surface area contributed by atoms with Crippen LogP contribution >= 0.6 is 0 Å². The Hall–Kier alpha value is -2.77. The number of benzene rings is 2. The molecule has 31 heavy (non-hydrogen) atoms. The minimum absolute atomic E-state index is 0.00974. The summed E-state index contributed by atoms with van der Waals surface area (Å²) in [5, 5.41) is 0. The molecule has 0 saturated carbocycles. The van der Waals surface area contributed by atoms with Crippen molar-refractivity contribution in [1.29, 1.82) is 0 Å². The molecule has 1 unspecified atom stereocenters. The lowest BCUT2D eigenvalue weighted by Crippen LogP contribution is -2.31. The fourth-order valence-corrected chi connectivity index (χ4v) is 4.49. The molecule has 0 amide bonds. The lowest BCUT2D eigenvalue weighted by molar-refractivity contribution is 0.0676. The molecule has 1 aliphatic rings. The lowest BCUT2D eigenvalue weighted by atomic mass is 10.1. The second-order valence-corrected chi connectivity index (χ2v) is 8.18. The van der Waals surface area contributed by atoms with Gasteiger partial charge in [-0.05, 0) is 36.6 Å². The van der Waals surface area contributed by atoms with Gasteiger partial charge in [0.1, 0.15) is 0 Å². The summed E-state index contributed by atoms with van der Waals surface area (Å²) in [4.78, 5) is 14.7. The predicted octanol–water partition coefficient (Wildman–Crippen LogP) is 3.08. The van der Waals surface area contributed by atoms with Crippen LogP contribution in [0.15, 0.2) is 41.2 Å². The number of hydrogen-bond donors (Lipinski definition) is 0. The molecule has 1 aliphatic heterocycles. The van der Waals surface area contributed by atoms with Crippen molar-refractivity contribution in [3.8, 4) is 11.5 Å². The first-order chi connectivity index (χ1) is 15.0. The van der Waals surface area contributed by atoms with E-state index >= 15 is 0 Å². The van der Waals surface area contributed by atoms with Crippen LogP contribution < -0.4 is 15.2 Å². The third-order valence-corrected chi connectivity index (χ3v) is 6.11. The first-order valence-corrected chi connectivity index (χ1v) is 10.7. The molecule has 166 valence electrons. The smallest absolute Gasteiger partial charge is 0.328 e. The van der Waals surface area contributed by atoms with Gasteiger partial charge < -0.3 is 14.2 Å². The number of nitrogens with zero attached hydrogens (tertiary/aromatic N) is 3. The van der Waals surface area contributed by atoms with Crippen LogP contribution in [-0.2, 0) is 31.9 Å². The van der Waals surface area contributed by atoms with Crippen molar-refractivity contribution in [2.75, 3.05) is 27.4 Å². The number of aryl methyl sites for hydroxylation is 2. The number of fused-ring (bicyclic) bond motifs is 1. The van der Waals surface area contributed by atoms with E-state index in [2.05, 4.69) is 23.1 Å². The van der Waals surface area contributed by atoms with Gasteiger partial charge >= 0.3 is 5.69 Å². The second kappa shape index (κ2) is 9.16. The van der Waals surface area contributed by atoms with Crippen molar-refractivity contribution < 1.29 is 14.2 Å². The van der Waals surface area contributed by atoms with E-state index in [-0.39, 0.29) is 11.8 Å². The average molecular weight is 426 g/mol. The van der Waals surface area contributed by atoms with Gasteiger partial charge in [0.15, 0.2) is 11.5 Å². The molecule has 7 heteroatoms. The molecule has 1 saturated heterocycles. The van der Waals surface area contributed by atoms with Gasteiger partial charge in [0.05, 0.1) is 31.4 Å². The van der Waals surface area contributed by atoms with Crippen LogP contribution in [0.4, 0.5) is 0 Å². The molecule has 4 rings (SSSR count). The van der Waals surface area contributed by atoms with Gasteiger partial charge in [0.2, 0.25) is 0 Å². The van der Waals surface area contributed by atoms with E-state index in [1.165, 1.54) is 0 Å². The van der Waals surface area contributed by atoms with E-state index in [9.17, 15) is 4.79 Å². The molecule has 0 spiro atoms. The normalized spacial score (nSPS) is 16.4. The van der Waals surface area contributed by atoms with Crippen LogP contribution in [0.5, 0.6) is 11.5 Å². The van der Waals surface area contributed by atoms with Gasteiger partial charge in [-0.1, -0.05) is 18.2 Å². The Morgan fingerprint density at radius 1 is 1.06 bits per heavy atom. The van der Waals surface area contributed by atoms with Crippen molar-refractivity contribution in [3.63, 3.8) is 0 Å². The zero-order valence-corrected chi connectivity index (χ0v) is 18.8. The van der Waals surface area contributed by atoms with E-state index in [1.54, 1.807) is 23.4 Å². The molecule has 3 aromatic rings. The van der Waals surface area contributed by atoms with Crippen molar-refractivity contribution >= 4 is 11.0 Å². The zero-order chi connectivity index (χ0) is 22.0. The van der Waals surface area contributed by atoms with Gasteiger partial charge in [0.25, 0.3) is 0 Å². The monoisotopic (exact) mass is 425 g/mol. The van der Waals surface area contributed by atoms with Crippen molar-refractivity contribution in [2.45, 2.75) is 32.0 Å². The van der Waals surface area contributed by atoms with Crippen LogP contribution in [0.25, 0.3) is 11.0 Å². The van der Waals surface area contributed by atoms with Gasteiger partial charge in [-0.25, -0.2) is 4.79 Å². The summed E-state index contributed by atoms with van der Waals surface area (Å²) in [7, 11) is 6.96. The van der Waals surface area contributed by atoms with Crippen LogP contribution in [-0.4, -0.2) is 47.5 Å². The van der Waals surface area contributed by atoms with Crippen molar-refractivity contribution in [1.82, 2.24) is 14.0 Å². The molecule has 0 N–H and O–H groups in total. The summed E-state index contributed by atoms with van der Waals surface area (Å²) in [5.74, 6) is 1.50. The number of para-hydroxylation sites is 1. The van der Waals surface area contributed by atoms with Crippen LogP contribution in [0, 0.1) is 0 Å². The maximum atomic E-state index is 12.3. The summed E-state index contributed by atoms with van der Waals surface area (Å²) in [5.41, 5.74) is 4.11. The SMILES string of the molecule is COc1cccc(CN(Cc2ccc3c(c2)n(C)c(=O)n3C)CC2CCCO2)c1OC. The first kappa shape index (κ1) is 21.5. The fraction of sp³-hybridized carbons (Fsp3) is 0.458. The highest BCUT2D eigenvalue weighted by Crippen LogP contribution is 2.32. The number of imidazole rings is 1. The van der Waals surface area contributed by atoms with Gasteiger partial charge in [-0.15, -0.1) is 0 Å². The Balaban J connectivity index is 1.63. The average Bonchev–Trinajstić information content (AvgIpc) is 3.36. The molecule has 0 bridgehead atoms. The molecule has 7 nitrogen and oxygen atoms in total. The Morgan fingerprint density at radius 3 is 2.58 bits per heavy atom. The maximum Gasteiger partial charge on any atom is 0.328 e. The van der Waals surface area contributed by atoms with E-state index in [1.807, 2.05) is 32.3 Å². The molecule has 0 radical (unpaired) electrons. The van der Waals surface area contributed by atoms with Crippen LogP contribution in [0.1, 0.15) is 24.0 Å². The highest BCUT2D eigenvalue weighted by atomic mass is 16.5. The predicted molar refractivity (Wildman–Crippen MR) is 121 cm³/mol. The van der Waals surface area contributed by atoms with E-state index in [0.717, 1.165) is 66.2 Å². The molecule has 2 heterocycles. The molecule has 1 fully saturated rings. The minimum atomic E-state index is -0.00974. The summed E-state index contributed by atoms with van der Waals surface area (Å²) in [6.07, 6.45) is 2.43. The van der Waals surface area contributed by atoms with Crippen LogP contribution in [0.3, 0.4) is 0 Å². The number of hydrogen-bond acceptors (Lipinski definition) is 5.